The Kier molecular flexibility index (Phi) is 6.36. The number of rotatable bonds is 7. The molecule has 0 saturated carbocycles. The molecule has 25 heavy (non-hydrogen) atoms. The molecule has 136 valence electrons. The third-order valence-corrected chi connectivity index (χ3v) is 5.71. The van der Waals surface area contributed by atoms with Crippen LogP contribution in [0.25, 0.3) is 0 Å². The van der Waals surface area contributed by atoms with Crippen LogP contribution in [0.2, 0.25) is 0 Å². The van der Waals surface area contributed by atoms with Crippen LogP contribution in [0.3, 0.4) is 0 Å². The Morgan fingerprint density at radius 2 is 1.88 bits per heavy atom. The summed E-state index contributed by atoms with van der Waals surface area (Å²) in [5.41, 5.74) is 1.85. The minimum Gasteiger partial charge on any atom is -0.379 e. The average molecular weight is 429 g/mol. The quantitative estimate of drug-likeness (QED) is 0.702. The Hall–Kier alpha value is -1.71. The normalized spacial score (nSPS) is 11.7. The van der Waals surface area contributed by atoms with Gasteiger partial charge in [0.05, 0.1) is 17.6 Å². The van der Waals surface area contributed by atoms with Crippen LogP contribution in [0.1, 0.15) is 25.0 Å². The van der Waals surface area contributed by atoms with Gasteiger partial charge in [-0.25, -0.2) is 17.8 Å². The first-order chi connectivity index (χ1) is 11.7. The zero-order valence-corrected chi connectivity index (χ0v) is 16.7. The number of hydrogen-bond donors (Lipinski definition) is 2. The van der Waals surface area contributed by atoms with Crippen LogP contribution in [0.5, 0.6) is 0 Å². The lowest BCUT2D eigenvalue weighted by atomic mass is 10.1. The molecule has 0 fully saturated rings. The van der Waals surface area contributed by atoms with Crippen LogP contribution in [-0.4, -0.2) is 24.2 Å². The van der Waals surface area contributed by atoms with Crippen LogP contribution >= 0.6 is 15.9 Å². The molecule has 0 atom stereocenters. The fraction of sp³-hybridized carbons (Fsp3) is 0.375. The summed E-state index contributed by atoms with van der Waals surface area (Å²) in [5.74, 6) is -0.0982. The Balaban J connectivity index is 2.19. The number of aromatic nitrogens is 2. The molecule has 7 nitrogen and oxygen atoms in total. The summed E-state index contributed by atoms with van der Waals surface area (Å²) in [7, 11) is -1.84. The first-order valence-electron chi connectivity index (χ1n) is 7.72. The lowest BCUT2D eigenvalue weighted by molar-refractivity contribution is 0.569. The molecule has 0 spiro atoms. The molecule has 0 aliphatic carbocycles. The molecule has 0 aliphatic rings. The van der Waals surface area contributed by atoms with E-state index < -0.39 is 10.0 Å². The van der Waals surface area contributed by atoms with E-state index in [0.717, 1.165) is 5.56 Å². The fourth-order valence-corrected chi connectivity index (χ4v) is 4.29. The highest BCUT2D eigenvalue weighted by atomic mass is 79.9. The van der Waals surface area contributed by atoms with Crippen molar-refractivity contribution in [3.8, 4) is 0 Å². The van der Waals surface area contributed by atoms with E-state index >= 15 is 0 Å². The van der Waals surface area contributed by atoms with Crippen molar-refractivity contribution in [3.05, 3.63) is 56.4 Å². The van der Waals surface area contributed by atoms with Gasteiger partial charge in [-0.1, -0.05) is 24.3 Å². The van der Waals surface area contributed by atoms with E-state index in [1.54, 1.807) is 39.2 Å². The molecular weight excluding hydrogens is 408 g/mol. The molecule has 2 aromatic rings. The van der Waals surface area contributed by atoms with Gasteiger partial charge in [-0.3, -0.25) is 4.79 Å². The van der Waals surface area contributed by atoms with Crippen LogP contribution < -0.4 is 15.6 Å². The lowest BCUT2D eigenvalue weighted by Crippen LogP contribution is -2.31. The Bertz CT molecular complexity index is 910. The molecule has 2 rings (SSSR count). The molecule has 0 amide bonds. The molecule has 1 aromatic carbocycles. The summed E-state index contributed by atoms with van der Waals surface area (Å²) in [4.78, 5) is 11.9. The van der Waals surface area contributed by atoms with Gasteiger partial charge in [0.1, 0.15) is 4.47 Å². The molecule has 0 saturated heterocycles. The molecule has 0 aliphatic heterocycles. The van der Waals surface area contributed by atoms with E-state index in [1.165, 1.54) is 4.68 Å². The maximum absolute atomic E-state index is 12.2. The molecule has 0 radical (unpaired) electrons. The Morgan fingerprint density at radius 1 is 1.24 bits per heavy atom. The molecule has 1 heterocycles. The first-order valence-corrected chi connectivity index (χ1v) is 10.2. The van der Waals surface area contributed by atoms with Gasteiger partial charge in [-0.05, 0) is 40.9 Å². The standard InChI is InChI=1S/C16H21BrN4O3S/c1-11(2)20-25(23,24)10-13-7-5-4-6-12(13)8-18-14-9-19-21(3)16(22)15(14)17/h4-7,9,11,18,20H,8,10H2,1-3H3. The third kappa shape index (κ3) is 5.38. The van der Waals surface area contributed by atoms with Gasteiger partial charge in [-0.15, -0.1) is 0 Å². The summed E-state index contributed by atoms with van der Waals surface area (Å²) in [5, 5.41) is 7.10. The monoisotopic (exact) mass is 428 g/mol. The van der Waals surface area contributed by atoms with E-state index in [-0.39, 0.29) is 17.4 Å². The summed E-state index contributed by atoms with van der Waals surface area (Å²) >= 11 is 3.26. The second kappa shape index (κ2) is 8.11. The number of nitrogens with one attached hydrogen (secondary N) is 2. The molecular formula is C16H21BrN4O3S. The highest BCUT2D eigenvalue weighted by molar-refractivity contribution is 9.10. The Labute approximate surface area is 155 Å². The number of nitrogens with zero attached hydrogens (tertiary/aromatic N) is 2. The van der Waals surface area contributed by atoms with E-state index in [9.17, 15) is 13.2 Å². The Morgan fingerprint density at radius 3 is 2.52 bits per heavy atom. The summed E-state index contributed by atoms with van der Waals surface area (Å²) in [6, 6.07) is 7.14. The van der Waals surface area contributed by atoms with Gasteiger partial charge in [0.15, 0.2) is 0 Å². The SMILES string of the molecule is CC(C)NS(=O)(=O)Cc1ccccc1CNc1cnn(C)c(=O)c1Br. The molecule has 9 heteroatoms. The number of hydrogen-bond acceptors (Lipinski definition) is 5. The van der Waals surface area contributed by atoms with Crippen molar-refractivity contribution in [1.82, 2.24) is 14.5 Å². The fourth-order valence-electron chi connectivity index (χ4n) is 2.30. The van der Waals surface area contributed by atoms with Crippen molar-refractivity contribution in [2.75, 3.05) is 5.32 Å². The summed E-state index contributed by atoms with van der Waals surface area (Å²) in [6.45, 7) is 3.94. The van der Waals surface area contributed by atoms with E-state index in [2.05, 4.69) is 31.1 Å². The molecule has 0 bridgehead atoms. The van der Waals surface area contributed by atoms with Crippen molar-refractivity contribution >= 4 is 31.6 Å². The van der Waals surface area contributed by atoms with Crippen LogP contribution in [-0.2, 0) is 29.4 Å². The van der Waals surface area contributed by atoms with E-state index in [1.807, 2.05) is 12.1 Å². The van der Waals surface area contributed by atoms with Gasteiger partial charge >= 0.3 is 0 Å². The maximum atomic E-state index is 12.2. The molecule has 2 N–H and O–H groups in total. The topological polar surface area (TPSA) is 93.1 Å². The summed E-state index contributed by atoms with van der Waals surface area (Å²) in [6.07, 6.45) is 1.55. The van der Waals surface area contributed by atoms with Crippen molar-refractivity contribution in [2.24, 2.45) is 7.05 Å². The smallest absolute Gasteiger partial charge is 0.282 e. The van der Waals surface area contributed by atoms with Crippen molar-refractivity contribution in [1.29, 1.82) is 0 Å². The van der Waals surface area contributed by atoms with Crippen molar-refractivity contribution in [3.63, 3.8) is 0 Å². The number of benzene rings is 1. The van der Waals surface area contributed by atoms with E-state index in [0.29, 0.717) is 22.3 Å². The highest BCUT2D eigenvalue weighted by Gasteiger charge is 2.15. The number of anilines is 1. The number of halogens is 1. The minimum atomic E-state index is -3.41. The van der Waals surface area contributed by atoms with Gasteiger partial charge < -0.3 is 5.32 Å². The van der Waals surface area contributed by atoms with Gasteiger partial charge in [0.2, 0.25) is 10.0 Å². The second-order valence-corrected chi connectivity index (χ2v) is 8.50. The number of sulfonamides is 1. The van der Waals surface area contributed by atoms with Gasteiger partial charge in [-0.2, -0.15) is 5.10 Å². The first kappa shape index (κ1) is 19.6. The van der Waals surface area contributed by atoms with Crippen LogP contribution in [0.4, 0.5) is 5.69 Å². The maximum Gasteiger partial charge on any atom is 0.282 e. The average Bonchev–Trinajstić information content (AvgIpc) is 2.51. The van der Waals surface area contributed by atoms with Crippen LogP contribution in [0, 0.1) is 0 Å². The molecule has 1 aromatic heterocycles. The zero-order valence-electron chi connectivity index (χ0n) is 14.3. The highest BCUT2D eigenvalue weighted by Crippen LogP contribution is 2.19. The predicted octanol–water partition coefficient (Wildman–Crippen LogP) is 1.98. The van der Waals surface area contributed by atoms with Gasteiger partial charge in [0.25, 0.3) is 5.56 Å². The van der Waals surface area contributed by atoms with Gasteiger partial charge in [0, 0.05) is 19.6 Å². The third-order valence-electron chi connectivity index (χ3n) is 3.43. The minimum absolute atomic E-state index is 0.0982. The van der Waals surface area contributed by atoms with Crippen molar-refractivity contribution < 1.29 is 8.42 Å². The number of aryl methyl sites for hydroxylation is 1. The predicted molar refractivity (Wildman–Crippen MR) is 102 cm³/mol. The van der Waals surface area contributed by atoms with Crippen LogP contribution in [0.15, 0.2) is 39.7 Å². The summed E-state index contributed by atoms with van der Waals surface area (Å²) < 4.78 is 28.6. The van der Waals surface area contributed by atoms with E-state index in [4.69, 9.17) is 0 Å². The van der Waals surface area contributed by atoms with Crippen molar-refractivity contribution in [2.45, 2.75) is 32.2 Å². The lowest BCUT2D eigenvalue weighted by Gasteiger charge is -2.14. The second-order valence-electron chi connectivity index (χ2n) is 5.95. The zero-order chi connectivity index (χ0) is 18.6. The molecule has 0 unspecified atom stereocenters. The largest absolute Gasteiger partial charge is 0.379 e.